The highest BCUT2D eigenvalue weighted by molar-refractivity contribution is 5.90. The molecule has 1 saturated heterocycles. The van der Waals surface area contributed by atoms with Crippen LogP contribution in [-0.2, 0) is 4.79 Å². The summed E-state index contributed by atoms with van der Waals surface area (Å²) in [4.78, 5) is 11.1. The van der Waals surface area contributed by atoms with Gasteiger partial charge in [-0.05, 0) is 19.3 Å². The molecule has 0 aromatic heterocycles. The van der Waals surface area contributed by atoms with Crippen molar-refractivity contribution in [1.82, 2.24) is 10.9 Å². The van der Waals surface area contributed by atoms with Gasteiger partial charge >= 0.3 is 0 Å². The SMILES string of the molecule is O=C1CCCCC12NN2. The molecule has 1 heterocycles. The van der Waals surface area contributed by atoms with E-state index in [0.29, 0.717) is 5.78 Å². The van der Waals surface area contributed by atoms with Gasteiger partial charge in [-0.1, -0.05) is 0 Å². The van der Waals surface area contributed by atoms with Crippen molar-refractivity contribution in [2.24, 2.45) is 0 Å². The molecule has 1 aliphatic carbocycles. The predicted molar refractivity (Wildman–Crippen MR) is 32.5 cm³/mol. The van der Waals surface area contributed by atoms with Gasteiger partial charge in [0.25, 0.3) is 0 Å². The van der Waals surface area contributed by atoms with E-state index in [-0.39, 0.29) is 5.66 Å². The molecule has 0 bridgehead atoms. The van der Waals surface area contributed by atoms with Gasteiger partial charge in [-0.15, -0.1) is 0 Å². The van der Waals surface area contributed by atoms with E-state index in [0.717, 1.165) is 19.3 Å². The lowest BCUT2D eigenvalue weighted by Gasteiger charge is -2.15. The first-order valence-electron chi connectivity index (χ1n) is 3.41. The molecular formula is C6H10N2O. The third kappa shape index (κ3) is 0.686. The van der Waals surface area contributed by atoms with Crippen molar-refractivity contribution >= 4 is 5.78 Å². The van der Waals surface area contributed by atoms with Crippen molar-refractivity contribution < 1.29 is 4.79 Å². The molecule has 3 heteroatoms. The molecule has 0 aromatic rings. The van der Waals surface area contributed by atoms with E-state index in [1.807, 2.05) is 0 Å². The lowest BCUT2D eigenvalue weighted by molar-refractivity contribution is -0.123. The fourth-order valence-corrected chi connectivity index (χ4v) is 1.37. The monoisotopic (exact) mass is 126 g/mol. The van der Waals surface area contributed by atoms with E-state index in [1.54, 1.807) is 0 Å². The summed E-state index contributed by atoms with van der Waals surface area (Å²) in [6.45, 7) is 0. The van der Waals surface area contributed by atoms with Crippen LogP contribution in [0.3, 0.4) is 0 Å². The Bertz CT molecular complexity index is 151. The second-order valence-electron chi connectivity index (χ2n) is 2.79. The zero-order chi connectivity index (χ0) is 6.32. The maximum absolute atomic E-state index is 11.1. The van der Waals surface area contributed by atoms with E-state index in [4.69, 9.17) is 0 Å². The molecule has 0 aromatic carbocycles. The van der Waals surface area contributed by atoms with Crippen LogP contribution in [0.25, 0.3) is 0 Å². The number of nitrogens with one attached hydrogen (secondary N) is 2. The summed E-state index contributed by atoms with van der Waals surface area (Å²) < 4.78 is 0. The van der Waals surface area contributed by atoms with Gasteiger partial charge in [0.1, 0.15) is 0 Å². The summed E-state index contributed by atoms with van der Waals surface area (Å²) >= 11 is 0. The van der Waals surface area contributed by atoms with Crippen LogP contribution in [0.1, 0.15) is 25.7 Å². The Morgan fingerprint density at radius 2 is 2.11 bits per heavy atom. The van der Waals surface area contributed by atoms with Crippen LogP contribution < -0.4 is 10.9 Å². The smallest absolute Gasteiger partial charge is 0.169 e. The topological polar surface area (TPSA) is 61.0 Å². The van der Waals surface area contributed by atoms with Gasteiger partial charge in [-0.25, -0.2) is 10.9 Å². The van der Waals surface area contributed by atoms with Gasteiger partial charge in [-0.3, -0.25) is 4.79 Å². The number of ketones is 1. The van der Waals surface area contributed by atoms with Crippen molar-refractivity contribution in [3.63, 3.8) is 0 Å². The average molecular weight is 126 g/mol. The lowest BCUT2D eigenvalue weighted by Crippen LogP contribution is -2.32. The van der Waals surface area contributed by atoms with Crippen LogP contribution in [0.5, 0.6) is 0 Å². The number of hydrazine groups is 1. The Hall–Kier alpha value is -0.410. The molecule has 2 N–H and O–H groups in total. The van der Waals surface area contributed by atoms with E-state index in [2.05, 4.69) is 10.9 Å². The second-order valence-corrected chi connectivity index (χ2v) is 2.79. The van der Waals surface area contributed by atoms with E-state index in [9.17, 15) is 4.79 Å². The van der Waals surface area contributed by atoms with E-state index in [1.165, 1.54) is 6.42 Å². The molecule has 1 aliphatic heterocycles. The summed E-state index contributed by atoms with van der Waals surface area (Å²) in [5, 5.41) is 0. The lowest BCUT2D eigenvalue weighted by atomic mass is 9.92. The highest BCUT2D eigenvalue weighted by Gasteiger charge is 2.49. The minimum absolute atomic E-state index is 0.252. The van der Waals surface area contributed by atoms with E-state index < -0.39 is 0 Å². The Kier molecular flexibility index (Phi) is 0.926. The summed E-state index contributed by atoms with van der Waals surface area (Å²) in [5.41, 5.74) is 5.55. The van der Waals surface area contributed by atoms with Crippen LogP contribution in [-0.4, -0.2) is 11.4 Å². The Morgan fingerprint density at radius 1 is 1.33 bits per heavy atom. The van der Waals surface area contributed by atoms with Crippen LogP contribution in [0.15, 0.2) is 0 Å². The molecule has 9 heavy (non-hydrogen) atoms. The summed E-state index contributed by atoms with van der Waals surface area (Å²) in [7, 11) is 0. The molecule has 3 nitrogen and oxygen atoms in total. The molecule has 2 rings (SSSR count). The van der Waals surface area contributed by atoms with Crippen molar-refractivity contribution in [3.8, 4) is 0 Å². The number of Topliss-reactive ketones (excluding diaryl/α,β-unsaturated/α-hetero) is 1. The Balaban J connectivity index is 2.12. The van der Waals surface area contributed by atoms with Crippen molar-refractivity contribution in [3.05, 3.63) is 0 Å². The first kappa shape index (κ1) is 5.38. The molecule has 0 unspecified atom stereocenters. The zero-order valence-electron chi connectivity index (χ0n) is 5.24. The fourth-order valence-electron chi connectivity index (χ4n) is 1.37. The van der Waals surface area contributed by atoms with E-state index >= 15 is 0 Å². The summed E-state index contributed by atoms with van der Waals surface area (Å²) in [5.74, 6) is 0.341. The first-order chi connectivity index (χ1) is 4.33. The third-order valence-corrected chi connectivity index (χ3v) is 2.11. The molecular weight excluding hydrogens is 116 g/mol. The van der Waals surface area contributed by atoms with Gasteiger partial charge in [0.15, 0.2) is 11.4 Å². The Labute approximate surface area is 53.8 Å². The number of hydrogen-bond donors (Lipinski definition) is 2. The molecule has 2 fully saturated rings. The highest BCUT2D eigenvalue weighted by Crippen LogP contribution is 2.27. The van der Waals surface area contributed by atoms with Crippen molar-refractivity contribution in [2.75, 3.05) is 0 Å². The van der Waals surface area contributed by atoms with Gasteiger partial charge in [0.2, 0.25) is 0 Å². The molecule has 1 spiro atoms. The Morgan fingerprint density at radius 3 is 2.56 bits per heavy atom. The van der Waals surface area contributed by atoms with Crippen LogP contribution in [0.4, 0.5) is 0 Å². The summed E-state index contributed by atoms with van der Waals surface area (Å²) in [6.07, 6.45) is 3.97. The van der Waals surface area contributed by atoms with Crippen molar-refractivity contribution in [1.29, 1.82) is 0 Å². The molecule has 1 saturated carbocycles. The first-order valence-corrected chi connectivity index (χ1v) is 3.41. The number of hydrogen-bond acceptors (Lipinski definition) is 3. The standard InChI is InChI=1S/C6H10N2O/c9-5-3-1-2-4-6(5)7-8-6/h7-8H,1-4H2. The number of carbonyl (C=O) groups is 1. The maximum Gasteiger partial charge on any atom is 0.169 e. The number of rotatable bonds is 0. The van der Waals surface area contributed by atoms with Gasteiger partial charge in [0, 0.05) is 6.42 Å². The minimum Gasteiger partial charge on any atom is -0.296 e. The largest absolute Gasteiger partial charge is 0.296 e. The molecule has 0 atom stereocenters. The van der Waals surface area contributed by atoms with Crippen LogP contribution in [0.2, 0.25) is 0 Å². The minimum atomic E-state index is -0.252. The average Bonchev–Trinajstić information content (AvgIpc) is 2.60. The van der Waals surface area contributed by atoms with Crippen molar-refractivity contribution in [2.45, 2.75) is 31.3 Å². The van der Waals surface area contributed by atoms with Gasteiger partial charge in [0.05, 0.1) is 0 Å². The normalized spacial score (nSPS) is 30.9. The molecule has 2 aliphatic rings. The fraction of sp³-hybridized carbons (Fsp3) is 0.833. The van der Waals surface area contributed by atoms with Gasteiger partial charge in [-0.2, -0.15) is 0 Å². The van der Waals surface area contributed by atoms with Crippen LogP contribution in [0, 0.1) is 0 Å². The predicted octanol–water partition coefficient (Wildman–Crippen LogP) is -0.0664. The maximum atomic E-state index is 11.1. The van der Waals surface area contributed by atoms with Crippen LogP contribution >= 0.6 is 0 Å². The summed E-state index contributed by atoms with van der Waals surface area (Å²) in [6, 6.07) is 0. The number of carbonyl (C=O) groups excluding carboxylic acids is 1. The quantitative estimate of drug-likeness (QED) is 0.447. The third-order valence-electron chi connectivity index (χ3n) is 2.11. The molecule has 0 radical (unpaired) electrons. The molecule has 50 valence electrons. The highest BCUT2D eigenvalue weighted by atomic mass is 16.1. The molecule has 0 amide bonds. The second kappa shape index (κ2) is 1.55. The zero-order valence-corrected chi connectivity index (χ0v) is 5.24. The van der Waals surface area contributed by atoms with Gasteiger partial charge < -0.3 is 0 Å².